The van der Waals surface area contributed by atoms with E-state index in [2.05, 4.69) is 38.7 Å². The fourth-order valence-electron chi connectivity index (χ4n) is 4.95. The zero-order valence-corrected chi connectivity index (χ0v) is 26.6. The molecule has 0 aliphatic heterocycles. The van der Waals surface area contributed by atoms with Crippen molar-refractivity contribution in [3.63, 3.8) is 0 Å². The van der Waals surface area contributed by atoms with Crippen molar-refractivity contribution in [3.05, 3.63) is 0 Å². The number of hydrogen-bond acceptors (Lipinski definition) is 3. The van der Waals surface area contributed by atoms with Gasteiger partial charge in [-0.2, -0.15) is 0 Å². The number of nitrogens with two attached hydrogens (primary N) is 1. The lowest BCUT2D eigenvalue weighted by Gasteiger charge is -2.33. The van der Waals surface area contributed by atoms with E-state index in [1.165, 1.54) is 51.4 Å². The first-order valence-corrected chi connectivity index (χ1v) is 15.0. The van der Waals surface area contributed by atoms with Crippen molar-refractivity contribution in [1.29, 1.82) is 0 Å². The van der Waals surface area contributed by atoms with Gasteiger partial charge in [0.2, 0.25) is 17.7 Å². The zero-order chi connectivity index (χ0) is 28.3. The molecule has 0 fully saturated rings. The number of nitrogens with zero attached hydrogens (tertiary/aromatic N) is 1. The van der Waals surface area contributed by atoms with Crippen molar-refractivity contribution in [1.82, 2.24) is 10.6 Å². The summed E-state index contributed by atoms with van der Waals surface area (Å²) in [6.07, 6.45) is 14.9. The topological polar surface area (TPSA) is 101 Å². The van der Waals surface area contributed by atoms with Crippen LogP contribution in [0.4, 0.5) is 0 Å². The molecule has 7 nitrogen and oxygen atoms in total. The first-order valence-electron chi connectivity index (χ1n) is 15.0. The molecule has 0 bridgehead atoms. The van der Waals surface area contributed by atoms with Crippen LogP contribution in [-0.2, 0) is 14.4 Å². The van der Waals surface area contributed by atoms with E-state index in [1.807, 2.05) is 13.8 Å². The second-order valence-electron chi connectivity index (χ2n) is 12.5. The normalized spacial score (nSPS) is 13.5. The Labute approximate surface area is 262 Å². The van der Waals surface area contributed by atoms with Crippen molar-refractivity contribution in [2.75, 3.05) is 40.8 Å². The molecule has 3 atom stereocenters. The van der Waals surface area contributed by atoms with Gasteiger partial charge in [0.05, 0.1) is 27.7 Å². The summed E-state index contributed by atoms with van der Waals surface area (Å²) in [5.74, 6) is -1.21. The van der Waals surface area contributed by atoms with Crippen LogP contribution in [0.3, 0.4) is 0 Å². The SMILES string of the molecule is C.C.C.CCCCCCCCCCCCNC(=O)C(CC)CC(C)(CC(C)C(N)=O)C(=O)NCCC[N+](C)(C)C.[Cl-]. The fraction of sp³-hybridized carbons (Fsp3) is 0.909. The van der Waals surface area contributed by atoms with E-state index >= 15 is 0 Å². The predicted octanol–water partition coefficient (Wildman–Crippen LogP) is 4.08. The van der Waals surface area contributed by atoms with Gasteiger partial charge in [-0.25, -0.2) is 0 Å². The summed E-state index contributed by atoms with van der Waals surface area (Å²) in [5, 5.41) is 6.17. The molecule has 41 heavy (non-hydrogen) atoms. The van der Waals surface area contributed by atoms with E-state index in [0.717, 1.165) is 30.3 Å². The number of rotatable bonds is 23. The van der Waals surface area contributed by atoms with Crippen LogP contribution < -0.4 is 28.8 Å². The molecule has 0 spiro atoms. The molecule has 0 radical (unpaired) electrons. The Balaban J connectivity index is -0.00000108. The molecular weight excluding hydrogens is 536 g/mol. The Bertz CT molecular complexity index is 655. The lowest BCUT2D eigenvalue weighted by atomic mass is 9.73. The van der Waals surface area contributed by atoms with Crippen molar-refractivity contribution < 1.29 is 31.3 Å². The van der Waals surface area contributed by atoms with Gasteiger partial charge in [0.15, 0.2) is 0 Å². The van der Waals surface area contributed by atoms with Crippen molar-refractivity contribution in [2.45, 2.75) is 140 Å². The molecule has 0 heterocycles. The van der Waals surface area contributed by atoms with Gasteiger partial charge < -0.3 is 33.3 Å². The number of amides is 3. The first kappa shape index (κ1) is 49.3. The molecule has 0 saturated carbocycles. The van der Waals surface area contributed by atoms with E-state index < -0.39 is 17.2 Å². The highest BCUT2D eigenvalue weighted by Gasteiger charge is 2.39. The Hall–Kier alpha value is -1.34. The van der Waals surface area contributed by atoms with Gasteiger partial charge >= 0.3 is 0 Å². The smallest absolute Gasteiger partial charge is 0.225 e. The lowest BCUT2D eigenvalue weighted by Crippen LogP contribution is -3.00. The van der Waals surface area contributed by atoms with Crippen LogP contribution in [0.15, 0.2) is 0 Å². The monoisotopic (exact) mass is 609 g/mol. The minimum atomic E-state index is -0.833. The van der Waals surface area contributed by atoms with Crippen LogP contribution in [0, 0.1) is 17.3 Å². The standard InChI is InChI=1S/C30H60N4O3.3CH4.ClH/c1-8-10-11-12-13-14-15-16-17-18-20-32-28(36)26(9-2)24-30(4,23-25(3)27(31)35)29(37)33-21-19-22-34(5,6)7;;;;/h25-26H,8-24H2,1-7H3,(H3-,31,32,33,35,36,37);3*1H4;1H. The maximum Gasteiger partial charge on any atom is 0.225 e. The lowest BCUT2D eigenvalue weighted by molar-refractivity contribution is -0.870. The molecule has 250 valence electrons. The Morgan fingerprint density at radius 1 is 0.756 bits per heavy atom. The third-order valence-corrected chi connectivity index (χ3v) is 7.47. The molecule has 3 unspecified atom stereocenters. The summed E-state index contributed by atoms with van der Waals surface area (Å²) in [7, 11) is 6.38. The average Bonchev–Trinajstić information content (AvgIpc) is 2.82. The molecule has 0 aromatic carbocycles. The molecule has 8 heteroatoms. The van der Waals surface area contributed by atoms with Crippen LogP contribution >= 0.6 is 0 Å². The molecule has 0 aliphatic rings. The van der Waals surface area contributed by atoms with Gasteiger partial charge in [0, 0.05) is 36.8 Å². The van der Waals surface area contributed by atoms with E-state index in [0.29, 0.717) is 32.4 Å². The van der Waals surface area contributed by atoms with E-state index in [-0.39, 0.29) is 52.4 Å². The van der Waals surface area contributed by atoms with Gasteiger partial charge in [-0.05, 0) is 25.7 Å². The summed E-state index contributed by atoms with van der Waals surface area (Å²) in [6, 6.07) is 0. The number of halogens is 1. The van der Waals surface area contributed by atoms with Gasteiger partial charge in [0.25, 0.3) is 0 Å². The van der Waals surface area contributed by atoms with E-state index in [9.17, 15) is 14.4 Å². The Morgan fingerprint density at radius 2 is 1.22 bits per heavy atom. The maximum absolute atomic E-state index is 13.3. The molecule has 0 aromatic rings. The molecule has 0 saturated heterocycles. The van der Waals surface area contributed by atoms with Gasteiger partial charge in [-0.3, -0.25) is 14.4 Å². The first-order chi connectivity index (χ1) is 17.4. The summed E-state index contributed by atoms with van der Waals surface area (Å²) >= 11 is 0. The minimum Gasteiger partial charge on any atom is -1.00 e. The summed E-state index contributed by atoms with van der Waals surface area (Å²) in [4.78, 5) is 38.1. The molecule has 0 rings (SSSR count). The van der Waals surface area contributed by atoms with E-state index in [4.69, 9.17) is 5.73 Å². The number of quaternary nitrogens is 1. The number of primary amides is 1. The summed E-state index contributed by atoms with van der Waals surface area (Å²) < 4.78 is 0.836. The number of carbonyl (C=O) groups is 3. The number of unbranched alkanes of at least 4 members (excludes halogenated alkanes) is 9. The number of hydrogen-bond donors (Lipinski definition) is 3. The summed E-state index contributed by atoms with van der Waals surface area (Å²) in [6.45, 7) is 10.1. The minimum absolute atomic E-state index is 0. The second-order valence-corrected chi connectivity index (χ2v) is 12.5. The van der Waals surface area contributed by atoms with Crippen molar-refractivity contribution in [3.8, 4) is 0 Å². The quantitative estimate of drug-likeness (QED) is 0.120. The summed E-state index contributed by atoms with van der Waals surface area (Å²) in [5.41, 5.74) is 4.70. The van der Waals surface area contributed by atoms with Crippen molar-refractivity contribution in [2.24, 2.45) is 23.0 Å². The van der Waals surface area contributed by atoms with Crippen molar-refractivity contribution >= 4 is 17.7 Å². The van der Waals surface area contributed by atoms with Crippen LogP contribution in [0.1, 0.15) is 140 Å². The average molecular weight is 609 g/mol. The van der Waals surface area contributed by atoms with Crippen LogP contribution in [0.25, 0.3) is 0 Å². The maximum atomic E-state index is 13.3. The zero-order valence-electron chi connectivity index (χ0n) is 25.8. The Morgan fingerprint density at radius 3 is 1.66 bits per heavy atom. The third-order valence-electron chi connectivity index (χ3n) is 7.47. The largest absolute Gasteiger partial charge is 1.00 e. The molecular formula is C33H73ClN4O3. The molecule has 3 amide bonds. The van der Waals surface area contributed by atoms with E-state index in [1.54, 1.807) is 6.92 Å². The molecule has 4 N–H and O–H groups in total. The van der Waals surface area contributed by atoms with Gasteiger partial charge in [-0.1, -0.05) is 108 Å². The number of carbonyl (C=O) groups excluding carboxylic acids is 3. The van der Waals surface area contributed by atoms with Crippen LogP contribution in [0.2, 0.25) is 0 Å². The fourth-order valence-corrected chi connectivity index (χ4v) is 4.95. The van der Waals surface area contributed by atoms with Gasteiger partial charge in [-0.15, -0.1) is 0 Å². The molecule has 0 aromatic heterocycles. The predicted molar refractivity (Wildman–Crippen MR) is 175 cm³/mol. The highest BCUT2D eigenvalue weighted by molar-refractivity contribution is 5.85. The molecule has 0 aliphatic carbocycles. The van der Waals surface area contributed by atoms with Gasteiger partial charge in [0.1, 0.15) is 0 Å². The van der Waals surface area contributed by atoms with Crippen LogP contribution in [-0.4, -0.2) is 63.0 Å². The number of nitrogens with one attached hydrogen (secondary N) is 2. The third kappa shape index (κ3) is 24.9. The second kappa shape index (κ2) is 27.5. The van der Waals surface area contributed by atoms with Crippen LogP contribution in [0.5, 0.6) is 0 Å². The highest BCUT2D eigenvalue weighted by atomic mass is 35.5. The Kier molecular flexibility index (Phi) is 33.1. The highest BCUT2D eigenvalue weighted by Crippen LogP contribution is 2.35.